The maximum atomic E-state index is 13.4. The van der Waals surface area contributed by atoms with Gasteiger partial charge in [-0.3, -0.25) is 4.90 Å². The minimum Gasteiger partial charge on any atom is -0.327 e. The number of halogens is 2. The number of piperidine rings is 1. The minimum absolute atomic E-state index is 0.250. The van der Waals surface area contributed by atoms with E-state index in [1.807, 2.05) is 6.07 Å². The van der Waals surface area contributed by atoms with E-state index in [0.717, 1.165) is 31.5 Å². The van der Waals surface area contributed by atoms with Crippen LogP contribution in [-0.4, -0.2) is 24.0 Å². The summed E-state index contributed by atoms with van der Waals surface area (Å²) in [4.78, 5) is 2.32. The van der Waals surface area contributed by atoms with Gasteiger partial charge in [-0.2, -0.15) is 0 Å². The fourth-order valence-corrected chi connectivity index (χ4v) is 2.80. The Bertz CT molecular complexity index is 411. The Morgan fingerprint density at radius 1 is 1.50 bits per heavy atom. The molecule has 1 heterocycles. The fraction of sp³-hybridized carbons (Fsp3) is 0.571. The van der Waals surface area contributed by atoms with Crippen LogP contribution in [0.4, 0.5) is 4.39 Å². The van der Waals surface area contributed by atoms with Gasteiger partial charge < -0.3 is 5.73 Å². The first-order chi connectivity index (χ1) is 8.61. The molecule has 2 unspecified atom stereocenters. The van der Waals surface area contributed by atoms with Crippen molar-refractivity contribution in [1.29, 1.82) is 0 Å². The van der Waals surface area contributed by atoms with Gasteiger partial charge in [0.2, 0.25) is 0 Å². The normalized spacial score (nSPS) is 25.3. The summed E-state index contributed by atoms with van der Waals surface area (Å²) < 4.78 is 13.4. The minimum atomic E-state index is -0.338. The van der Waals surface area contributed by atoms with Gasteiger partial charge in [0, 0.05) is 19.1 Å². The van der Waals surface area contributed by atoms with Gasteiger partial charge in [0.25, 0.3) is 0 Å². The van der Waals surface area contributed by atoms with Gasteiger partial charge in [-0.05, 0) is 30.5 Å². The molecule has 0 amide bonds. The van der Waals surface area contributed by atoms with E-state index in [1.165, 1.54) is 6.07 Å². The van der Waals surface area contributed by atoms with E-state index in [4.69, 9.17) is 17.3 Å². The maximum Gasteiger partial charge on any atom is 0.142 e. The molecular weight excluding hydrogens is 251 g/mol. The highest BCUT2D eigenvalue weighted by Crippen LogP contribution is 2.24. The van der Waals surface area contributed by atoms with Crippen molar-refractivity contribution in [3.05, 3.63) is 34.6 Å². The van der Waals surface area contributed by atoms with Crippen LogP contribution in [0.15, 0.2) is 18.2 Å². The molecule has 0 bridgehead atoms. The van der Waals surface area contributed by atoms with Crippen LogP contribution in [0, 0.1) is 11.7 Å². The molecule has 0 saturated carbocycles. The van der Waals surface area contributed by atoms with Crippen molar-refractivity contribution in [2.24, 2.45) is 11.7 Å². The Morgan fingerprint density at radius 2 is 2.28 bits per heavy atom. The Labute approximate surface area is 113 Å². The lowest BCUT2D eigenvalue weighted by molar-refractivity contribution is 0.145. The van der Waals surface area contributed by atoms with E-state index >= 15 is 0 Å². The van der Waals surface area contributed by atoms with Crippen LogP contribution in [0.3, 0.4) is 0 Å². The molecule has 0 aromatic heterocycles. The van der Waals surface area contributed by atoms with Crippen LogP contribution >= 0.6 is 11.6 Å². The second-order valence-electron chi connectivity index (χ2n) is 5.07. The molecular formula is C14H20ClFN2. The maximum absolute atomic E-state index is 13.4. The number of rotatable bonds is 3. The molecule has 100 valence electrons. The van der Waals surface area contributed by atoms with Gasteiger partial charge >= 0.3 is 0 Å². The molecule has 1 saturated heterocycles. The van der Waals surface area contributed by atoms with Gasteiger partial charge in [-0.1, -0.05) is 37.1 Å². The lowest BCUT2D eigenvalue weighted by atomic mass is 9.90. The average molecular weight is 271 g/mol. The molecule has 1 aliphatic rings. The summed E-state index contributed by atoms with van der Waals surface area (Å²) in [6, 6.07) is 5.30. The molecule has 1 aromatic rings. The zero-order valence-corrected chi connectivity index (χ0v) is 11.5. The first-order valence-corrected chi connectivity index (χ1v) is 6.90. The van der Waals surface area contributed by atoms with Crippen molar-refractivity contribution >= 4 is 11.6 Å². The first-order valence-electron chi connectivity index (χ1n) is 6.52. The lowest BCUT2D eigenvalue weighted by Crippen LogP contribution is -2.46. The van der Waals surface area contributed by atoms with Crippen LogP contribution in [0.5, 0.6) is 0 Å². The second-order valence-corrected chi connectivity index (χ2v) is 5.45. The number of nitrogens with two attached hydrogens (primary N) is 1. The monoisotopic (exact) mass is 270 g/mol. The summed E-state index contributed by atoms with van der Waals surface area (Å²) in [6.45, 7) is 4.82. The molecule has 1 aliphatic heterocycles. The topological polar surface area (TPSA) is 29.3 Å². The molecule has 1 aromatic carbocycles. The summed E-state index contributed by atoms with van der Waals surface area (Å²) in [5.41, 5.74) is 6.95. The van der Waals surface area contributed by atoms with E-state index in [2.05, 4.69) is 11.8 Å². The van der Waals surface area contributed by atoms with Gasteiger partial charge in [0.05, 0.1) is 5.02 Å². The Morgan fingerprint density at radius 3 is 3.00 bits per heavy atom. The smallest absolute Gasteiger partial charge is 0.142 e. The van der Waals surface area contributed by atoms with E-state index in [1.54, 1.807) is 6.07 Å². The van der Waals surface area contributed by atoms with Crippen molar-refractivity contribution < 1.29 is 4.39 Å². The standard InChI is InChI=1S/C14H20ClFN2/c1-2-10-8-18(7-6-13(10)17)9-11-4-3-5-12(16)14(11)15/h3-5,10,13H,2,6-9,17H2,1H3. The third-order valence-corrected chi connectivity index (χ3v) is 4.25. The molecule has 18 heavy (non-hydrogen) atoms. The molecule has 2 rings (SSSR count). The Hall–Kier alpha value is -0.640. The summed E-state index contributed by atoms with van der Waals surface area (Å²) >= 11 is 5.99. The summed E-state index contributed by atoms with van der Waals surface area (Å²) in [7, 11) is 0. The molecule has 0 spiro atoms. The van der Waals surface area contributed by atoms with Crippen LogP contribution in [0.2, 0.25) is 5.02 Å². The highest BCUT2D eigenvalue weighted by molar-refractivity contribution is 6.31. The Balaban J connectivity index is 2.03. The average Bonchev–Trinajstić information content (AvgIpc) is 2.37. The van der Waals surface area contributed by atoms with E-state index < -0.39 is 0 Å². The third-order valence-electron chi connectivity index (χ3n) is 3.83. The zero-order chi connectivity index (χ0) is 13.1. The highest BCUT2D eigenvalue weighted by atomic mass is 35.5. The number of likely N-dealkylation sites (tertiary alicyclic amines) is 1. The van der Waals surface area contributed by atoms with Crippen molar-refractivity contribution in [1.82, 2.24) is 4.90 Å². The molecule has 4 heteroatoms. The predicted molar refractivity (Wildman–Crippen MR) is 73.1 cm³/mol. The van der Waals surface area contributed by atoms with Gasteiger partial charge in [-0.25, -0.2) is 4.39 Å². The van der Waals surface area contributed by atoms with Gasteiger partial charge in [-0.15, -0.1) is 0 Å². The van der Waals surface area contributed by atoms with E-state index in [9.17, 15) is 4.39 Å². The second kappa shape index (κ2) is 6.00. The highest BCUT2D eigenvalue weighted by Gasteiger charge is 2.25. The Kier molecular flexibility index (Phi) is 4.60. The van der Waals surface area contributed by atoms with Crippen molar-refractivity contribution in [2.75, 3.05) is 13.1 Å². The number of benzene rings is 1. The third kappa shape index (κ3) is 3.02. The van der Waals surface area contributed by atoms with Gasteiger partial charge in [0.15, 0.2) is 0 Å². The number of nitrogens with zero attached hydrogens (tertiary/aromatic N) is 1. The van der Waals surface area contributed by atoms with Crippen LogP contribution in [0.25, 0.3) is 0 Å². The number of hydrogen-bond acceptors (Lipinski definition) is 2. The fourth-order valence-electron chi connectivity index (χ4n) is 2.61. The van der Waals surface area contributed by atoms with Crippen LogP contribution in [0.1, 0.15) is 25.3 Å². The summed E-state index contributed by atoms with van der Waals surface area (Å²) in [5.74, 6) is 0.195. The molecule has 0 aliphatic carbocycles. The van der Waals surface area contributed by atoms with Crippen molar-refractivity contribution in [3.8, 4) is 0 Å². The lowest BCUT2D eigenvalue weighted by Gasteiger charge is -2.36. The molecule has 2 nitrogen and oxygen atoms in total. The summed E-state index contributed by atoms with van der Waals surface area (Å²) in [5, 5.41) is 0.250. The summed E-state index contributed by atoms with van der Waals surface area (Å²) in [6.07, 6.45) is 2.10. The number of hydrogen-bond donors (Lipinski definition) is 1. The molecule has 2 N–H and O–H groups in total. The van der Waals surface area contributed by atoms with Crippen molar-refractivity contribution in [3.63, 3.8) is 0 Å². The predicted octanol–water partition coefficient (Wildman–Crippen LogP) is 3.04. The van der Waals surface area contributed by atoms with Gasteiger partial charge in [0.1, 0.15) is 5.82 Å². The SMILES string of the molecule is CCC1CN(Cc2cccc(F)c2Cl)CCC1N. The van der Waals surface area contributed by atoms with Crippen LogP contribution in [-0.2, 0) is 6.54 Å². The van der Waals surface area contributed by atoms with E-state index in [-0.39, 0.29) is 10.8 Å². The molecule has 1 fully saturated rings. The zero-order valence-electron chi connectivity index (χ0n) is 10.7. The quantitative estimate of drug-likeness (QED) is 0.915. The molecule has 2 atom stereocenters. The molecule has 0 radical (unpaired) electrons. The first kappa shape index (κ1) is 13.8. The van der Waals surface area contributed by atoms with Crippen molar-refractivity contribution in [2.45, 2.75) is 32.4 Å². The largest absolute Gasteiger partial charge is 0.327 e. The van der Waals surface area contributed by atoms with E-state index in [0.29, 0.717) is 18.5 Å². The van der Waals surface area contributed by atoms with Crippen LogP contribution < -0.4 is 5.73 Å².